The molecule has 2 rings (SSSR count). The molecule has 2 fully saturated rings. The first-order valence-corrected chi connectivity index (χ1v) is 8.66. The van der Waals surface area contributed by atoms with Crippen LogP contribution in [0.15, 0.2) is 4.99 Å². The fourth-order valence-electron chi connectivity index (χ4n) is 3.34. The molecular formula is C17H31N3O2. The van der Waals surface area contributed by atoms with Gasteiger partial charge in [-0.2, -0.15) is 0 Å². The Hall–Kier alpha value is -1.26. The summed E-state index contributed by atoms with van der Waals surface area (Å²) in [6.07, 6.45) is 8.48. The molecule has 2 saturated carbocycles. The Balaban J connectivity index is 1.75. The van der Waals surface area contributed by atoms with E-state index in [9.17, 15) is 4.79 Å². The van der Waals surface area contributed by atoms with Crippen LogP contribution < -0.4 is 11.1 Å². The fourth-order valence-corrected chi connectivity index (χ4v) is 3.34. The van der Waals surface area contributed by atoms with Gasteiger partial charge in [-0.3, -0.25) is 9.79 Å². The summed E-state index contributed by atoms with van der Waals surface area (Å²) in [7, 11) is 0. The van der Waals surface area contributed by atoms with E-state index >= 15 is 0 Å². The largest absolute Gasteiger partial charge is 0.460 e. The normalized spacial score (nSPS) is 27.7. The molecule has 22 heavy (non-hydrogen) atoms. The number of nitrogens with zero attached hydrogens (tertiary/aromatic N) is 1. The second-order valence-electron chi connectivity index (χ2n) is 7.68. The minimum atomic E-state index is -0.401. The highest BCUT2D eigenvalue weighted by Gasteiger charge is 2.30. The molecule has 5 nitrogen and oxygen atoms in total. The summed E-state index contributed by atoms with van der Waals surface area (Å²) < 4.78 is 5.47. The topological polar surface area (TPSA) is 76.7 Å². The zero-order valence-corrected chi connectivity index (χ0v) is 14.2. The SMILES string of the molecule is CC(C)(C)OC(=O)C1CCC(N=C(N)NC2CCCC2)CC1. The molecule has 0 aromatic rings. The van der Waals surface area contributed by atoms with Crippen LogP contribution in [0.1, 0.15) is 72.1 Å². The van der Waals surface area contributed by atoms with E-state index in [1.54, 1.807) is 0 Å². The van der Waals surface area contributed by atoms with Gasteiger partial charge in [-0.15, -0.1) is 0 Å². The van der Waals surface area contributed by atoms with Crippen LogP contribution in [0.4, 0.5) is 0 Å². The van der Waals surface area contributed by atoms with E-state index < -0.39 is 5.60 Å². The number of guanidine groups is 1. The molecule has 0 heterocycles. The van der Waals surface area contributed by atoms with Crippen LogP contribution >= 0.6 is 0 Å². The minimum Gasteiger partial charge on any atom is -0.460 e. The molecule has 2 aliphatic carbocycles. The molecule has 0 aliphatic heterocycles. The van der Waals surface area contributed by atoms with Gasteiger partial charge < -0.3 is 15.8 Å². The summed E-state index contributed by atoms with van der Waals surface area (Å²) in [5.74, 6) is 0.536. The highest BCUT2D eigenvalue weighted by atomic mass is 16.6. The average molecular weight is 309 g/mol. The highest BCUT2D eigenvalue weighted by Crippen LogP contribution is 2.28. The Kier molecular flexibility index (Phi) is 5.70. The second-order valence-corrected chi connectivity index (χ2v) is 7.68. The zero-order valence-electron chi connectivity index (χ0n) is 14.2. The Morgan fingerprint density at radius 1 is 1.09 bits per heavy atom. The molecule has 5 heteroatoms. The van der Waals surface area contributed by atoms with Crippen molar-refractivity contribution in [1.82, 2.24) is 5.32 Å². The van der Waals surface area contributed by atoms with Crippen LogP contribution in [-0.2, 0) is 9.53 Å². The van der Waals surface area contributed by atoms with E-state index in [4.69, 9.17) is 10.5 Å². The van der Waals surface area contributed by atoms with Gasteiger partial charge in [0.2, 0.25) is 0 Å². The van der Waals surface area contributed by atoms with Gasteiger partial charge in [-0.25, -0.2) is 0 Å². The quantitative estimate of drug-likeness (QED) is 0.477. The highest BCUT2D eigenvalue weighted by molar-refractivity contribution is 5.78. The van der Waals surface area contributed by atoms with Gasteiger partial charge in [0.1, 0.15) is 5.60 Å². The number of aliphatic imine (C=N–C) groups is 1. The third-order valence-electron chi connectivity index (χ3n) is 4.47. The van der Waals surface area contributed by atoms with Crippen molar-refractivity contribution in [2.45, 2.75) is 89.8 Å². The molecule has 0 aromatic heterocycles. The van der Waals surface area contributed by atoms with Gasteiger partial charge in [-0.05, 0) is 59.3 Å². The molecule has 0 spiro atoms. The molecule has 0 radical (unpaired) electrons. The van der Waals surface area contributed by atoms with Crippen molar-refractivity contribution in [3.63, 3.8) is 0 Å². The first-order chi connectivity index (χ1) is 10.3. The van der Waals surface area contributed by atoms with Crippen LogP contribution in [0.2, 0.25) is 0 Å². The van der Waals surface area contributed by atoms with Crippen LogP contribution in [-0.4, -0.2) is 29.6 Å². The number of nitrogens with two attached hydrogens (primary N) is 1. The first kappa shape index (κ1) is 17.1. The maximum Gasteiger partial charge on any atom is 0.309 e. The number of carbonyl (C=O) groups excluding carboxylic acids is 1. The molecule has 0 bridgehead atoms. The van der Waals surface area contributed by atoms with Crippen molar-refractivity contribution in [2.24, 2.45) is 16.6 Å². The summed E-state index contributed by atoms with van der Waals surface area (Å²) in [6.45, 7) is 5.74. The maximum atomic E-state index is 12.1. The second kappa shape index (κ2) is 7.34. The maximum absolute atomic E-state index is 12.1. The average Bonchev–Trinajstić information content (AvgIpc) is 2.90. The summed E-state index contributed by atoms with van der Waals surface area (Å²) in [5.41, 5.74) is 5.61. The third-order valence-corrected chi connectivity index (χ3v) is 4.47. The van der Waals surface area contributed by atoms with Gasteiger partial charge in [0.15, 0.2) is 5.96 Å². The molecule has 0 atom stereocenters. The lowest BCUT2D eigenvalue weighted by atomic mass is 9.86. The summed E-state index contributed by atoms with van der Waals surface area (Å²) >= 11 is 0. The summed E-state index contributed by atoms with van der Waals surface area (Å²) in [6, 6.07) is 0.745. The predicted octanol–water partition coefficient (Wildman–Crippen LogP) is 2.73. The lowest BCUT2D eigenvalue weighted by molar-refractivity contribution is -0.161. The van der Waals surface area contributed by atoms with E-state index in [2.05, 4.69) is 10.3 Å². The lowest BCUT2D eigenvalue weighted by Gasteiger charge is -2.28. The first-order valence-electron chi connectivity index (χ1n) is 8.66. The molecule has 0 amide bonds. The Morgan fingerprint density at radius 3 is 2.23 bits per heavy atom. The van der Waals surface area contributed by atoms with Gasteiger partial charge in [0, 0.05) is 6.04 Å². The van der Waals surface area contributed by atoms with Crippen molar-refractivity contribution in [3.05, 3.63) is 0 Å². The van der Waals surface area contributed by atoms with Crippen molar-refractivity contribution >= 4 is 11.9 Å². The van der Waals surface area contributed by atoms with Crippen molar-refractivity contribution in [2.75, 3.05) is 0 Å². The molecule has 0 aromatic carbocycles. The van der Waals surface area contributed by atoms with E-state index in [1.165, 1.54) is 25.7 Å². The van der Waals surface area contributed by atoms with E-state index in [1.807, 2.05) is 20.8 Å². The number of rotatable bonds is 3. The third kappa shape index (κ3) is 5.50. The monoisotopic (exact) mass is 309 g/mol. The number of ether oxygens (including phenoxy) is 1. The molecule has 2 aliphatic rings. The number of esters is 1. The number of carbonyl (C=O) groups is 1. The molecule has 126 valence electrons. The number of hydrogen-bond acceptors (Lipinski definition) is 3. The molecule has 3 N–H and O–H groups in total. The Morgan fingerprint density at radius 2 is 1.68 bits per heavy atom. The van der Waals surface area contributed by atoms with Crippen LogP contribution in [0.3, 0.4) is 0 Å². The Bertz CT molecular complexity index is 401. The smallest absolute Gasteiger partial charge is 0.309 e. The summed E-state index contributed by atoms with van der Waals surface area (Å²) in [4.78, 5) is 16.7. The zero-order chi connectivity index (χ0) is 16.2. The van der Waals surface area contributed by atoms with Crippen LogP contribution in [0.5, 0.6) is 0 Å². The van der Waals surface area contributed by atoms with Crippen molar-refractivity contribution in [1.29, 1.82) is 0 Å². The van der Waals surface area contributed by atoms with Crippen LogP contribution in [0.25, 0.3) is 0 Å². The van der Waals surface area contributed by atoms with Crippen molar-refractivity contribution in [3.8, 4) is 0 Å². The van der Waals surface area contributed by atoms with Gasteiger partial charge in [0.25, 0.3) is 0 Å². The van der Waals surface area contributed by atoms with E-state index in [-0.39, 0.29) is 17.9 Å². The fraction of sp³-hybridized carbons (Fsp3) is 0.882. The van der Waals surface area contributed by atoms with Crippen molar-refractivity contribution < 1.29 is 9.53 Å². The van der Waals surface area contributed by atoms with E-state index in [0.717, 1.165) is 25.7 Å². The number of nitrogens with one attached hydrogen (secondary N) is 1. The molecular weight excluding hydrogens is 278 g/mol. The number of hydrogen-bond donors (Lipinski definition) is 2. The molecule has 0 saturated heterocycles. The van der Waals surface area contributed by atoms with Gasteiger partial charge >= 0.3 is 5.97 Å². The van der Waals surface area contributed by atoms with Crippen LogP contribution in [0, 0.1) is 5.92 Å². The predicted molar refractivity (Wildman–Crippen MR) is 88.6 cm³/mol. The van der Waals surface area contributed by atoms with Gasteiger partial charge in [0.05, 0.1) is 12.0 Å². The standard InChI is InChI=1S/C17H31N3O2/c1-17(2,3)22-15(21)12-8-10-14(11-9-12)20-16(18)19-13-6-4-5-7-13/h12-14H,4-11H2,1-3H3,(H3,18,19,20). The van der Waals surface area contributed by atoms with Gasteiger partial charge in [-0.1, -0.05) is 12.8 Å². The Labute approximate surface area is 134 Å². The molecule has 0 unspecified atom stereocenters. The lowest BCUT2D eigenvalue weighted by Crippen LogP contribution is -2.40. The van der Waals surface area contributed by atoms with E-state index in [0.29, 0.717) is 12.0 Å². The minimum absolute atomic E-state index is 0.0229. The summed E-state index contributed by atoms with van der Waals surface area (Å²) in [5, 5.41) is 3.33.